The Hall–Kier alpha value is -0.640. The average molecular weight is 362 g/mol. The molecule has 0 amide bonds. The molecule has 0 spiro atoms. The average Bonchev–Trinajstić information content (AvgIpc) is 3.05. The van der Waals surface area contributed by atoms with Crippen LogP contribution in [0.4, 0.5) is 0 Å². The van der Waals surface area contributed by atoms with Gasteiger partial charge in [-0.25, -0.2) is 0 Å². The highest BCUT2D eigenvalue weighted by atomic mass is 16.5. The molecule has 3 aliphatic rings. The number of aliphatic hydroxyl groups is 1. The maximum absolute atomic E-state index is 9.60. The summed E-state index contributed by atoms with van der Waals surface area (Å²) >= 11 is 0. The first-order valence-corrected chi connectivity index (χ1v) is 10.9. The van der Waals surface area contributed by atoms with Gasteiger partial charge in [0.15, 0.2) is 0 Å². The first-order chi connectivity index (χ1) is 12.5. The van der Waals surface area contributed by atoms with Crippen molar-refractivity contribution in [3.63, 3.8) is 0 Å². The van der Waals surface area contributed by atoms with Crippen molar-refractivity contribution < 1.29 is 9.84 Å². The Balaban J connectivity index is 1.52. The number of rotatable bonds is 8. The van der Waals surface area contributed by atoms with E-state index in [1.54, 1.807) is 11.1 Å². The number of unbranched alkanes of at least 4 members (excludes halogenated alkanes) is 2. The second-order valence-corrected chi connectivity index (χ2v) is 9.46. The van der Waals surface area contributed by atoms with Crippen LogP contribution >= 0.6 is 0 Å². The zero-order valence-corrected chi connectivity index (χ0v) is 16.9. The summed E-state index contributed by atoms with van der Waals surface area (Å²) in [6.45, 7) is 6.63. The highest BCUT2D eigenvalue weighted by Gasteiger charge is 2.44. The van der Waals surface area contributed by atoms with E-state index in [9.17, 15) is 5.11 Å². The van der Waals surface area contributed by atoms with Crippen molar-refractivity contribution in [3.05, 3.63) is 23.3 Å². The lowest BCUT2D eigenvalue weighted by molar-refractivity contribution is 0.0908. The first-order valence-electron chi connectivity index (χ1n) is 10.9. The number of hydrogen-bond donors (Lipinski definition) is 2. The van der Waals surface area contributed by atoms with Crippen molar-refractivity contribution in [3.8, 4) is 0 Å². The summed E-state index contributed by atoms with van der Waals surface area (Å²) in [5.74, 6) is 1.30. The monoisotopic (exact) mass is 361 g/mol. The molecule has 3 rings (SSSR count). The number of hydrogen-bond acceptors (Lipinski definition) is 3. The van der Waals surface area contributed by atoms with Gasteiger partial charge in [0, 0.05) is 18.8 Å². The maximum Gasteiger partial charge on any atom is 0.0611 e. The van der Waals surface area contributed by atoms with Gasteiger partial charge in [-0.05, 0) is 79.8 Å². The summed E-state index contributed by atoms with van der Waals surface area (Å²) in [5, 5.41) is 9.60. The maximum atomic E-state index is 9.60. The molecule has 3 heteroatoms. The third kappa shape index (κ3) is 4.61. The molecular weight excluding hydrogens is 322 g/mol. The van der Waals surface area contributed by atoms with E-state index in [1.165, 1.54) is 38.5 Å². The zero-order chi connectivity index (χ0) is 18.6. The van der Waals surface area contributed by atoms with Crippen molar-refractivity contribution in [1.29, 1.82) is 0 Å². The van der Waals surface area contributed by atoms with Gasteiger partial charge in [-0.1, -0.05) is 38.8 Å². The van der Waals surface area contributed by atoms with Crippen molar-refractivity contribution in [1.82, 2.24) is 0 Å². The molecule has 3 aliphatic carbocycles. The quantitative estimate of drug-likeness (QED) is 0.614. The van der Waals surface area contributed by atoms with Crippen molar-refractivity contribution in [2.45, 2.75) is 83.6 Å². The highest BCUT2D eigenvalue weighted by molar-refractivity contribution is 5.39. The van der Waals surface area contributed by atoms with Crippen LogP contribution in [0.3, 0.4) is 0 Å². The second-order valence-electron chi connectivity index (χ2n) is 9.46. The van der Waals surface area contributed by atoms with E-state index >= 15 is 0 Å². The lowest BCUT2D eigenvalue weighted by atomic mass is 9.66. The van der Waals surface area contributed by atoms with Crippen LogP contribution in [0.2, 0.25) is 0 Å². The molecule has 0 aromatic carbocycles. The summed E-state index contributed by atoms with van der Waals surface area (Å²) in [6, 6.07) is 0. The van der Waals surface area contributed by atoms with E-state index in [1.807, 2.05) is 0 Å². The molecule has 0 aromatic rings. The number of fused-ring (bicyclic) bond motifs is 1. The molecule has 3 N–H and O–H groups in total. The molecule has 4 atom stereocenters. The second kappa shape index (κ2) is 8.58. The topological polar surface area (TPSA) is 55.5 Å². The van der Waals surface area contributed by atoms with Gasteiger partial charge < -0.3 is 15.6 Å². The van der Waals surface area contributed by atoms with E-state index in [-0.39, 0.29) is 17.6 Å². The van der Waals surface area contributed by atoms with Crippen LogP contribution in [-0.4, -0.2) is 30.5 Å². The van der Waals surface area contributed by atoms with Crippen LogP contribution in [0.5, 0.6) is 0 Å². The van der Waals surface area contributed by atoms with Gasteiger partial charge >= 0.3 is 0 Å². The standard InChI is InChI=1S/C23H39NO2/c1-3-4-5-12-26-16-18-6-7-20-14-22(2,10-8-19(20)13-18)21-9-11-23(24,15-21)17-25/h8,14,18,21,25H,3-7,9-13,15-17,24H2,1-2H3/t18?,21-,22?,23+/m0/s1. The molecule has 0 radical (unpaired) electrons. The lowest BCUT2D eigenvalue weighted by Gasteiger charge is -2.39. The fourth-order valence-corrected chi connectivity index (χ4v) is 5.24. The molecule has 2 unspecified atom stereocenters. The van der Waals surface area contributed by atoms with E-state index in [2.05, 4.69) is 26.0 Å². The van der Waals surface area contributed by atoms with Crippen LogP contribution < -0.4 is 5.73 Å². The highest BCUT2D eigenvalue weighted by Crippen LogP contribution is 2.51. The normalized spacial score (nSPS) is 37.2. The van der Waals surface area contributed by atoms with Gasteiger partial charge in [0.1, 0.15) is 0 Å². The molecule has 0 saturated heterocycles. The summed E-state index contributed by atoms with van der Waals surface area (Å²) in [6.07, 6.45) is 16.7. The van der Waals surface area contributed by atoms with Crippen LogP contribution in [0.25, 0.3) is 0 Å². The van der Waals surface area contributed by atoms with Gasteiger partial charge in [-0.2, -0.15) is 0 Å². The summed E-state index contributed by atoms with van der Waals surface area (Å²) in [5.41, 5.74) is 9.38. The predicted octanol–water partition coefficient (Wildman–Crippen LogP) is 4.75. The van der Waals surface area contributed by atoms with Gasteiger partial charge in [0.2, 0.25) is 0 Å². The summed E-state index contributed by atoms with van der Waals surface area (Å²) in [4.78, 5) is 0. The predicted molar refractivity (Wildman–Crippen MR) is 108 cm³/mol. The summed E-state index contributed by atoms with van der Waals surface area (Å²) in [7, 11) is 0. The van der Waals surface area contributed by atoms with E-state index < -0.39 is 0 Å². The molecule has 0 heterocycles. The van der Waals surface area contributed by atoms with E-state index in [0.717, 1.165) is 38.9 Å². The lowest BCUT2D eigenvalue weighted by Crippen LogP contribution is -2.42. The Labute approximate surface area is 160 Å². The molecule has 2 saturated carbocycles. The van der Waals surface area contributed by atoms with Gasteiger partial charge in [0.05, 0.1) is 6.61 Å². The number of ether oxygens (including phenoxy) is 1. The molecule has 2 fully saturated rings. The third-order valence-corrected chi connectivity index (χ3v) is 7.17. The fraction of sp³-hybridized carbons (Fsp3) is 0.826. The SMILES string of the molecule is CCCCCOCC1CCC2=CC(C)([C@H]3CC[C@](N)(CO)C3)CC=C2C1. The smallest absolute Gasteiger partial charge is 0.0611 e. The minimum absolute atomic E-state index is 0.122. The minimum atomic E-state index is -0.344. The molecule has 26 heavy (non-hydrogen) atoms. The van der Waals surface area contributed by atoms with Crippen LogP contribution in [0, 0.1) is 17.3 Å². The van der Waals surface area contributed by atoms with Crippen molar-refractivity contribution in [2.24, 2.45) is 23.0 Å². The van der Waals surface area contributed by atoms with Crippen LogP contribution in [-0.2, 0) is 4.74 Å². The van der Waals surface area contributed by atoms with Crippen LogP contribution in [0.1, 0.15) is 78.1 Å². The van der Waals surface area contributed by atoms with Crippen molar-refractivity contribution in [2.75, 3.05) is 19.8 Å². The van der Waals surface area contributed by atoms with E-state index in [0.29, 0.717) is 11.8 Å². The third-order valence-electron chi connectivity index (χ3n) is 7.17. The molecule has 0 aromatic heterocycles. The van der Waals surface area contributed by atoms with Gasteiger partial charge in [-0.3, -0.25) is 0 Å². The first kappa shape index (κ1) is 20.1. The number of aliphatic hydroxyl groups excluding tert-OH is 1. The van der Waals surface area contributed by atoms with Gasteiger partial charge in [0.25, 0.3) is 0 Å². The largest absolute Gasteiger partial charge is 0.394 e. The Morgan fingerprint density at radius 2 is 2.12 bits per heavy atom. The molecule has 148 valence electrons. The van der Waals surface area contributed by atoms with E-state index in [4.69, 9.17) is 10.5 Å². The summed E-state index contributed by atoms with van der Waals surface area (Å²) < 4.78 is 5.93. The minimum Gasteiger partial charge on any atom is -0.394 e. The van der Waals surface area contributed by atoms with Gasteiger partial charge in [-0.15, -0.1) is 0 Å². The molecule has 0 bridgehead atoms. The van der Waals surface area contributed by atoms with Crippen molar-refractivity contribution >= 4 is 0 Å². The fourth-order valence-electron chi connectivity index (χ4n) is 5.24. The zero-order valence-electron chi connectivity index (χ0n) is 16.9. The Kier molecular flexibility index (Phi) is 6.63. The molecule has 0 aliphatic heterocycles. The van der Waals surface area contributed by atoms with Crippen LogP contribution in [0.15, 0.2) is 23.3 Å². The Bertz CT molecular complexity index is 540. The molecule has 3 nitrogen and oxygen atoms in total. The Morgan fingerprint density at radius 1 is 1.27 bits per heavy atom. The number of allylic oxidation sites excluding steroid dienone is 4. The molecular formula is C23H39NO2. The Morgan fingerprint density at radius 3 is 2.85 bits per heavy atom. The number of nitrogens with two attached hydrogens (primary N) is 1.